The van der Waals surface area contributed by atoms with Gasteiger partial charge in [-0.1, -0.05) is 31.5 Å². The molecule has 2 fully saturated rings. The SMILES string of the molecule is CC1CCCC(NC2=NCC(C3CC3)S2)C1. The van der Waals surface area contributed by atoms with Gasteiger partial charge in [0.05, 0.1) is 6.54 Å². The highest BCUT2D eigenvalue weighted by atomic mass is 32.2. The molecule has 0 amide bonds. The number of hydrogen-bond acceptors (Lipinski definition) is 3. The van der Waals surface area contributed by atoms with Crippen molar-refractivity contribution in [1.82, 2.24) is 5.32 Å². The Morgan fingerprint density at radius 3 is 2.88 bits per heavy atom. The molecule has 0 radical (unpaired) electrons. The largest absolute Gasteiger partial charge is 0.362 e. The number of nitrogens with one attached hydrogen (secondary N) is 1. The first-order valence-electron chi connectivity index (χ1n) is 6.79. The van der Waals surface area contributed by atoms with Gasteiger partial charge in [0.25, 0.3) is 0 Å². The van der Waals surface area contributed by atoms with Crippen LogP contribution in [0.2, 0.25) is 0 Å². The first-order valence-corrected chi connectivity index (χ1v) is 7.67. The van der Waals surface area contributed by atoms with Crippen LogP contribution in [0.5, 0.6) is 0 Å². The van der Waals surface area contributed by atoms with Gasteiger partial charge >= 0.3 is 0 Å². The first kappa shape index (κ1) is 10.9. The van der Waals surface area contributed by atoms with E-state index in [0.29, 0.717) is 6.04 Å². The van der Waals surface area contributed by atoms with E-state index in [1.165, 1.54) is 43.7 Å². The molecule has 2 nitrogen and oxygen atoms in total. The third-order valence-electron chi connectivity index (χ3n) is 4.09. The van der Waals surface area contributed by atoms with E-state index in [2.05, 4.69) is 17.2 Å². The smallest absolute Gasteiger partial charge is 0.157 e. The van der Waals surface area contributed by atoms with Crippen LogP contribution in [0.4, 0.5) is 0 Å². The Morgan fingerprint density at radius 1 is 1.25 bits per heavy atom. The van der Waals surface area contributed by atoms with Crippen molar-refractivity contribution in [2.75, 3.05) is 6.54 Å². The average molecular weight is 238 g/mol. The molecule has 2 saturated carbocycles. The van der Waals surface area contributed by atoms with Gasteiger partial charge < -0.3 is 5.32 Å². The molecule has 3 heteroatoms. The number of amidine groups is 1. The lowest BCUT2D eigenvalue weighted by Gasteiger charge is -2.28. The van der Waals surface area contributed by atoms with Gasteiger partial charge in [-0.05, 0) is 37.5 Å². The maximum absolute atomic E-state index is 4.67. The molecule has 3 unspecified atom stereocenters. The Morgan fingerprint density at radius 2 is 2.12 bits per heavy atom. The lowest BCUT2D eigenvalue weighted by atomic mass is 9.87. The van der Waals surface area contributed by atoms with E-state index >= 15 is 0 Å². The van der Waals surface area contributed by atoms with Gasteiger partial charge in [-0.2, -0.15) is 0 Å². The molecule has 1 aliphatic heterocycles. The van der Waals surface area contributed by atoms with Crippen LogP contribution in [0.15, 0.2) is 4.99 Å². The van der Waals surface area contributed by atoms with Gasteiger partial charge in [0.2, 0.25) is 0 Å². The molecule has 0 aromatic carbocycles. The predicted octanol–water partition coefficient (Wildman–Crippen LogP) is 3.04. The van der Waals surface area contributed by atoms with E-state index in [1.807, 2.05) is 11.8 Å². The monoisotopic (exact) mass is 238 g/mol. The Kier molecular flexibility index (Phi) is 3.14. The van der Waals surface area contributed by atoms with E-state index < -0.39 is 0 Å². The molecule has 16 heavy (non-hydrogen) atoms. The summed E-state index contributed by atoms with van der Waals surface area (Å²) in [6.45, 7) is 3.45. The Labute approximate surface area is 103 Å². The van der Waals surface area contributed by atoms with Gasteiger partial charge in [-0.3, -0.25) is 4.99 Å². The number of rotatable bonds is 2. The lowest BCUT2D eigenvalue weighted by Crippen LogP contribution is -2.36. The Bertz CT molecular complexity index is 286. The van der Waals surface area contributed by atoms with Crippen molar-refractivity contribution in [3.63, 3.8) is 0 Å². The summed E-state index contributed by atoms with van der Waals surface area (Å²) in [6, 6.07) is 0.702. The molecule has 1 N–H and O–H groups in total. The van der Waals surface area contributed by atoms with Gasteiger partial charge in [0, 0.05) is 11.3 Å². The van der Waals surface area contributed by atoms with Gasteiger partial charge in [0.15, 0.2) is 5.17 Å². The molecule has 3 atom stereocenters. The van der Waals surface area contributed by atoms with E-state index in [9.17, 15) is 0 Å². The van der Waals surface area contributed by atoms with E-state index in [4.69, 9.17) is 0 Å². The minimum Gasteiger partial charge on any atom is -0.362 e. The second kappa shape index (κ2) is 4.59. The van der Waals surface area contributed by atoms with Crippen molar-refractivity contribution in [3.8, 4) is 0 Å². The number of hydrogen-bond donors (Lipinski definition) is 1. The van der Waals surface area contributed by atoms with Crippen LogP contribution in [-0.4, -0.2) is 23.0 Å². The number of nitrogens with zero attached hydrogens (tertiary/aromatic N) is 1. The quantitative estimate of drug-likeness (QED) is 0.799. The summed E-state index contributed by atoms with van der Waals surface area (Å²) in [4.78, 5) is 4.67. The summed E-state index contributed by atoms with van der Waals surface area (Å²) >= 11 is 2.02. The van der Waals surface area contributed by atoms with Gasteiger partial charge in [0.1, 0.15) is 0 Å². The second-order valence-corrected chi connectivity index (χ2v) is 6.98. The molecule has 3 rings (SSSR count). The Hall–Kier alpha value is -0.180. The van der Waals surface area contributed by atoms with Crippen LogP contribution in [0.3, 0.4) is 0 Å². The summed E-state index contributed by atoms with van der Waals surface area (Å²) in [5.41, 5.74) is 0. The van der Waals surface area contributed by atoms with E-state index in [-0.39, 0.29) is 0 Å². The fraction of sp³-hybridized carbons (Fsp3) is 0.923. The van der Waals surface area contributed by atoms with E-state index in [1.54, 1.807) is 0 Å². The molecule has 0 spiro atoms. The topological polar surface area (TPSA) is 24.4 Å². The maximum Gasteiger partial charge on any atom is 0.157 e. The van der Waals surface area contributed by atoms with Crippen LogP contribution in [0, 0.1) is 11.8 Å². The third-order valence-corrected chi connectivity index (χ3v) is 5.40. The molecule has 2 aliphatic carbocycles. The van der Waals surface area contributed by atoms with Crippen molar-refractivity contribution >= 4 is 16.9 Å². The normalized spacial score (nSPS) is 39.6. The number of aliphatic imine (C=N–C) groups is 1. The van der Waals surface area contributed by atoms with Crippen molar-refractivity contribution in [2.45, 2.75) is 56.7 Å². The molecule has 0 bridgehead atoms. The zero-order valence-corrected chi connectivity index (χ0v) is 10.9. The summed E-state index contributed by atoms with van der Waals surface area (Å²) in [5, 5.41) is 5.73. The van der Waals surface area contributed by atoms with Crippen molar-refractivity contribution in [2.24, 2.45) is 16.8 Å². The van der Waals surface area contributed by atoms with Crippen molar-refractivity contribution in [1.29, 1.82) is 0 Å². The van der Waals surface area contributed by atoms with Crippen LogP contribution >= 0.6 is 11.8 Å². The fourth-order valence-corrected chi connectivity index (χ4v) is 4.21. The highest BCUT2D eigenvalue weighted by Crippen LogP contribution is 2.41. The molecule has 0 aromatic heterocycles. The zero-order chi connectivity index (χ0) is 11.0. The van der Waals surface area contributed by atoms with Gasteiger partial charge in [-0.25, -0.2) is 0 Å². The minimum absolute atomic E-state index is 0.702. The molecule has 3 aliphatic rings. The average Bonchev–Trinajstić information content (AvgIpc) is 3.01. The van der Waals surface area contributed by atoms with Crippen LogP contribution in [0.25, 0.3) is 0 Å². The lowest BCUT2D eigenvalue weighted by molar-refractivity contribution is 0.327. The van der Waals surface area contributed by atoms with Crippen molar-refractivity contribution in [3.05, 3.63) is 0 Å². The fourth-order valence-electron chi connectivity index (χ4n) is 2.92. The molecule has 0 saturated heterocycles. The second-order valence-electron chi connectivity index (χ2n) is 5.75. The summed E-state index contributed by atoms with van der Waals surface area (Å²) < 4.78 is 0. The van der Waals surface area contributed by atoms with Crippen LogP contribution < -0.4 is 5.32 Å². The van der Waals surface area contributed by atoms with Gasteiger partial charge in [-0.15, -0.1) is 0 Å². The highest BCUT2D eigenvalue weighted by molar-refractivity contribution is 8.14. The molecule has 0 aromatic rings. The molecule has 90 valence electrons. The summed E-state index contributed by atoms with van der Waals surface area (Å²) in [5.74, 6) is 1.89. The van der Waals surface area contributed by atoms with Crippen molar-refractivity contribution < 1.29 is 0 Å². The molecular formula is C13H22N2S. The van der Waals surface area contributed by atoms with Crippen LogP contribution in [0.1, 0.15) is 45.4 Å². The summed E-state index contributed by atoms with van der Waals surface area (Å²) in [7, 11) is 0. The standard InChI is InChI=1S/C13H22N2S/c1-9-3-2-4-11(7-9)15-13-14-8-12(16-13)10-5-6-10/h9-12H,2-8H2,1H3,(H,14,15). The minimum atomic E-state index is 0.702. The first-order chi connectivity index (χ1) is 7.81. The molecule has 1 heterocycles. The Balaban J connectivity index is 1.47. The predicted molar refractivity (Wildman–Crippen MR) is 71.0 cm³/mol. The molecular weight excluding hydrogens is 216 g/mol. The van der Waals surface area contributed by atoms with Crippen LogP contribution in [-0.2, 0) is 0 Å². The van der Waals surface area contributed by atoms with E-state index in [0.717, 1.165) is 23.6 Å². The number of thioether (sulfide) groups is 1. The summed E-state index contributed by atoms with van der Waals surface area (Å²) in [6.07, 6.45) is 8.39. The third kappa shape index (κ3) is 2.55. The maximum atomic E-state index is 4.67. The zero-order valence-electron chi connectivity index (χ0n) is 10.1. The highest BCUT2D eigenvalue weighted by Gasteiger charge is 2.35.